The third-order valence-electron chi connectivity index (χ3n) is 3.83. The summed E-state index contributed by atoms with van der Waals surface area (Å²) in [7, 11) is 0. The molecule has 1 rings (SSSR count). The Morgan fingerprint density at radius 1 is 1.03 bits per heavy atom. The molecule has 0 aliphatic rings. The summed E-state index contributed by atoms with van der Waals surface area (Å²) in [6.07, 6.45) is -1.43. The number of alkyl carbamates (subject to hydrolysis) is 1. The lowest BCUT2D eigenvalue weighted by Crippen LogP contribution is -2.56. The number of rotatable bonds is 9. The highest BCUT2D eigenvalue weighted by molar-refractivity contribution is 5.92. The van der Waals surface area contributed by atoms with Crippen LogP contribution in [0.5, 0.6) is 0 Å². The minimum atomic E-state index is -1.47. The number of carboxylic acids is 1. The molecule has 0 bridgehead atoms. The van der Waals surface area contributed by atoms with Crippen LogP contribution in [0.1, 0.15) is 46.6 Å². The maximum Gasteiger partial charge on any atom is 0.408 e. The number of carboxylic acid groups (broad SMARTS) is 1. The molecule has 0 aliphatic carbocycles. The molecule has 1 aromatic carbocycles. The standard InChI is InChI=1S/C21H30N2O7/c1-13(2)17(19(26)27)23-18(25)15(11-16(24)30-21(3,4)5)22-20(28)29-12-14-9-7-6-8-10-14/h6-10,13,15,17H,11-12H2,1-5H3,(H,22,28)(H,23,25)(H,26,27)/p-1. The van der Waals surface area contributed by atoms with Crippen LogP contribution in [-0.2, 0) is 30.5 Å². The lowest BCUT2D eigenvalue weighted by Gasteiger charge is -2.27. The average Bonchev–Trinajstić information content (AvgIpc) is 2.62. The largest absolute Gasteiger partial charge is 0.548 e. The molecule has 0 saturated heterocycles. The van der Waals surface area contributed by atoms with E-state index in [1.165, 1.54) is 0 Å². The molecule has 1 aromatic rings. The first-order valence-corrected chi connectivity index (χ1v) is 9.59. The number of esters is 1. The van der Waals surface area contributed by atoms with Crippen molar-refractivity contribution in [3.8, 4) is 0 Å². The van der Waals surface area contributed by atoms with Gasteiger partial charge in [-0.1, -0.05) is 44.2 Å². The van der Waals surface area contributed by atoms with Crippen LogP contribution in [-0.4, -0.2) is 41.6 Å². The molecule has 9 heteroatoms. The molecule has 9 nitrogen and oxygen atoms in total. The first-order chi connectivity index (χ1) is 13.9. The van der Waals surface area contributed by atoms with E-state index in [1.54, 1.807) is 58.9 Å². The summed E-state index contributed by atoms with van der Waals surface area (Å²) in [4.78, 5) is 48.2. The van der Waals surface area contributed by atoms with Crippen LogP contribution in [0.3, 0.4) is 0 Å². The Hall–Kier alpha value is -3.10. The van der Waals surface area contributed by atoms with Gasteiger partial charge < -0.3 is 30.0 Å². The fraction of sp³-hybridized carbons (Fsp3) is 0.524. The number of benzene rings is 1. The van der Waals surface area contributed by atoms with Crippen LogP contribution in [0.2, 0.25) is 0 Å². The zero-order chi connectivity index (χ0) is 22.9. The van der Waals surface area contributed by atoms with Crippen molar-refractivity contribution in [2.24, 2.45) is 5.92 Å². The van der Waals surface area contributed by atoms with E-state index in [-0.39, 0.29) is 6.61 Å². The second-order valence-electron chi connectivity index (χ2n) is 8.10. The minimum Gasteiger partial charge on any atom is -0.548 e. The Kier molecular flexibility index (Phi) is 9.29. The Morgan fingerprint density at radius 3 is 2.13 bits per heavy atom. The maximum absolute atomic E-state index is 12.6. The molecule has 166 valence electrons. The third-order valence-corrected chi connectivity index (χ3v) is 3.83. The van der Waals surface area contributed by atoms with Crippen molar-refractivity contribution < 1.29 is 33.8 Å². The minimum absolute atomic E-state index is 0.0406. The number of aliphatic carboxylic acids is 1. The molecule has 0 heterocycles. The van der Waals surface area contributed by atoms with E-state index in [0.29, 0.717) is 0 Å². The van der Waals surface area contributed by atoms with Crippen LogP contribution in [0, 0.1) is 5.92 Å². The molecule has 0 radical (unpaired) electrons. The maximum atomic E-state index is 12.6. The van der Waals surface area contributed by atoms with Gasteiger partial charge in [-0.05, 0) is 32.3 Å². The van der Waals surface area contributed by atoms with Gasteiger partial charge in [0.1, 0.15) is 18.2 Å². The normalized spacial score (nSPS) is 13.1. The molecular formula is C21H29N2O7-. The summed E-state index contributed by atoms with van der Waals surface area (Å²) < 4.78 is 10.3. The molecule has 2 amide bonds. The summed E-state index contributed by atoms with van der Waals surface area (Å²) in [5.74, 6) is -3.53. The fourth-order valence-electron chi connectivity index (χ4n) is 2.42. The molecule has 2 atom stereocenters. The predicted octanol–water partition coefficient (Wildman–Crippen LogP) is 0.904. The summed E-state index contributed by atoms with van der Waals surface area (Å²) >= 11 is 0. The van der Waals surface area contributed by atoms with Gasteiger partial charge in [-0.15, -0.1) is 0 Å². The van der Waals surface area contributed by atoms with Gasteiger partial charge in [-0.3, -0.25) is 9.59 Å². The van der Waals surface area contributed by atoms with E-state index in [4.69, 9.17) is 9.47 Å². The Bertz CT molecular complexity index is 741. The molecule has 2 N–H and O–H groups in total. The summed E-state index contributed by atoms with van der Waals surface area (Å²) in [6, 6.07) is 6.20. The van der Waals surface area contributed by atoms with Gasteiger partial charge in [-0.2, -0.15) is 0 Å². The SMILES string of the molecule is CC(C)C(NC(=O)C(CC(=O)OC(C)(C)C)NC(=O)OCc1ccccc1)C(=O)[O-]. The van der Waals surface area contributed by atoms with E-state index < -0.39 is 54.0 Å². The fourth-order valence-corrected chi connectivity index (χ4v) is 2.42. The lowest BCUT2D eigenvalue weighted by atomic mass is 10.0. The Balaban J connectivity index is 2.84. The number of carbonyl (C=O) groups excluding carboxylic acids is 4. The third kappa shape index (κ3) is 9.40. The predicted molar refractivity (Wildman–Crippen MR) is 106 cm³/mol. The molecule has 0 aromatic heterocycles. The van der Waals surface area contributed by atoms with Gasteiger partial charge in [0, 0.05) is 0 Å². The second kappa shape index (κ2) is 11.2. The van der Waals surface area contributed by atoms with Crippen molar-refractivity contribution in [2.75, 3.05) is 0 Å². The quantitative estimate of drug-likeness (QED) is 0.566. The van der Waals surface area contributed by atoms with Crippen molar-refractivity contribution in [3.05, 3.63) is 35.9 Å². The van der Waals surface area contributed by atoms with Crippen LogP contribution < -0.4 is 15.7 Å². The lowest BCUT2D eigenvalue weighted by molar-refractivity contribution is -0.309. The highest BCUT2D eigenvalue weighted by atomic mass is 16.6. The van der Waals surface area contributed by atoms with Gasteiger partial charge >= 0.3 is 12.1 Å². The first kappa shape index (κ1) is 24.9. The molecule has 0 spiro atoms. The van der Waals surface area contributed by atoms with Crippen molar-refractivity contribution >= 4 is 23.9 Å². The molecule has 0 saturated carbocycles. The van der Waals surface area contributed by atoms with Gasteiger partial charge in [0.25, 0.3) is 0 Å². The molecular weight excluding hydrogens is 392 g/mol. The molecule has 0 fully saturated rings. The van der Waals surface area contributed by atoms with Crippen molar-refractivity contribution in [1.82, 2.24) is 10.6 Å². The Labute approximate surface area is 176 Å². The van der Waals surface area contributed by atoms with Crippen molar-refractivity contribution in [1.29, 1.82) is 0 Å². The summed E-state index contributed by atoms with van der Waals surface area (Å²) in [5, 5.41) is 15.8. The number of nitrogens with one attached hydrogen (secondary N) is 2. The topological polar surface area (TPSA) is 134 Å². The zero-order valence-corrected chi connectivity index (χ0v) is 17.9. The van der Waals surface area contributed by atoms with Crippen LogP contribution in [0.25, 0.3) is 0 Å². The van der Waals surface area contributed by atoms with Crippen molar-refractivity contribution in [3.63, 3.8) is 0 Å². The van der Waals surface area contributed by atoms with E-state index in [0.717, 1.165) is 5.56 Å². The van der Waals surface area contributed by atoms with Crippen LogP contribution >= 0.6 is 0 Å². The molecule has 30 heavy (non-hydrogen) atoms. The van der Waals surface area contributed by atoms with Crippen LogP contribution in [0.4, 0.5) is 4.79 Å². The zero-order valence-electron chi connectivity index (χ0n) is 17.9. The summed E-state index contributed by atoms with van der Waals surface area (Å²) in [5.41, 5.74) is -0.0604. The smallest absolute Gasteiger partial charge is 0.408 e. The van der Waals surface area contributed by atoms with Crippen LogP contribution in [0.15, 0.2) is 30.3 Å². The number of ether oxygens (including phenoxy) is 2. The van der Waals surface area contributed by atoms with Gasteiger partial charge in [-0.25, -0.2) is 4.79 Å². The summed E-state index contributed by atoms with van der Waals surface area (Å²) in [6.45, 7) is 8.11. The first-order valence-electron chi connectivity index (χ1n) is 9.59. The van der Waals surface area contributed by atoms with Gasteiger partial charge in [0.05, 0.1) is 18.4 Å². The molecule has 2 unspecified atom stereocenters. The monoisotopic (exact) mass is 421 g/mol. The van der Waals surface area contributed by atoms with E-state index >= 15 is 0 Å². The van der Waals surface area contributed by atoms with E-state index in [2.05, 4.69) is 10.6 Å². The number of hydrogen-bond acceptors (Lipinski definition) is 7. The van der Waals surface area contributed by atoms with Gasteiger partial charge in [0.2, 0.25) is 5.91 Å². The van der Waals surface area contributed by atoms with Gasteiger partial charge in [0.15, 0.2) is 0 Å². The number of carbonyl (C=O) groups is 4. The van der Waals surface area contributed by atoms with Crippen molar-refractivity contribution in [2.45, 2.75) is 65.3 Å². The average molecular weight is 421 g/mol. The second-order valence-corrected chi connectivity index (χ2v) is 8.10. The van der Waals surface area contributed by atoms with E-state index in [9.17, 15) is 24.3 Å². The Morgan fingerprint density at radius 2 is 1.63 bits per heavy atom. The highest BCUT2D eigenvalue weighted by Crippen LogP contribution is 2.10. The number of hydrogen-bond donors (Lipinski definition) is 2. The highest BCUT2D eigenvalue weighted by Gasteiger charge is 2.29. The number of amides is 2. The molecule has 0 aliphatic heterocycles. The van der Waals surface area contributed by atoms with E-state index in [1.807, 2.05) is 6.07 Å².